The summed E-state index contributed by atoms with van der Waals surface area (Å²) in [7, 11) is 0. The average molecular weight is 567 g/mol. The topological polar surface area (TPSA) is 141 Å². The fraction of sp³-hybridized carbons (Fsp3) is 0.250. The first-order valence-corrected chi connectivity index (χ1v) is 13.8. The summed E-state index contributed by atoms with van der Waals surface area (Å²) in [6, 6.07) is 22.4. The number of nitrogens with one attached hydrogen (secondary N) is 3. The van der Waals surface area contributed by atoms with Crippen molar-refractivity contribution in [3.05, 3.63) is 107 Å². The molecule has 3 amide bonds. The van der Waals surface area contributed by atoms with E-state index in [-0.39, 0.29) is 25.9 Å². The lowest BCUT2D eigenvalue weighted by Gasteiger charge is -2.37. The van der Waals surface area contributed by atoms with Gasteiger partial charge in [0.05, 0.1) is 6.04 Å². The number of hydrogen-bond donors (Lipinski definition) is 4. The van der Waals surface area contributed by atoms with E-state index in [2.05, 4.69) is 15.6 Å². The molecule has 0 unspecified atom stereocenters. The molecule has 2 aliphatic heterocycles. The van der Waals surface area contributed by atoms with Crippen molar-refractivity contribution in [2.45, 2.75) is 50.0 Å². The van der Waals surface area contributed by atoms with Crippen LogP contribution in [0.2, 0.25) is 0 Å². The standard InChI is InChI=1S/C32H30N4O6/c37-29(34-25(31(39)40)15-19-9-3-1-4-10-19)27-16-22-21-13-7-8-14-23(21)33-28(22)26-17-24(30(38)36(26)27)35-32(41)42-18-20-11-5-2-6-12-20/h1-14,24-27,33H,15-18H2,(H,34,37)(H,35,41)(H,39,40)/t24-,25-,26+,27-/m0/s1. The highest BCUT2D eigenvalue weighted by Crippen LogP contribution is 2.43. The maximum absolute atomic E-state index is 13.8. The van der Waals surface area contributed by atoms with E-state index in [4.69, 9.17) is 4.74 Å². The number of fused-ring (bicyclic) bond motifs is 5. The summed E-state index contributed by atoms with van der Waals surface area (Å²) in [5.41, 5.74) is 4.17. The van der Waals surface area contributed by atoms with Crippen LogP contribution in [0.25, 0.3) is 10.9 Å². The molecule has 0 radical (unpaired) electrons. The highest BCUT2D eigenvalue weighted by molar-refractivity contribution is 5.97. The van der Waals surface area contributed by atoms with Crippen LogP contribution in [-0.4, -0.2) is 57.0 Å². The van der Waals surface area contributed by atoms with Gasteiger partial charge < -0.3 is 30.4 Å². The first-order chi connectivity index (χ1) is 20.4. The molecule has 1 saturated heterocycles. The molecule has 2 aliphatic rings. The number of amides is 3. The number of carbonyl (C=O) groups is 4. The molecular weight excluding hydrogens is 536 g/mol. The average Bonchev–Trinajstić information content (AvgIpc) is 3.54. The number of aromatic amines is 1. The Balaban J connectivity index is 1.25. The van der Waals surface area contributed by atoms with Gasteiger partial charge in [0.1, 0.15) is 24.7 Å². The van der Waals surface area contributed by atoms with Crippen molar-refractivity contribution in [3.63, 3.8) is 0 Å². The Morgan fingerprint density at radius 3 is 2.33 bits per heavy atom. The Labute approximate surface area is 241 Å². The number of hydrogen-bond acceptors (Lipinski definition) is 5. The summed E-state index contributed by atoms with van der Waals surface area (Å²) in [4.78, 5) is 57.2. The van der Waals surface area contributed by atoms with Gasteiger partial charge in [0, 0.05) is 35.9 Å². The number of rotatable bonds is 8. The van der Waals surface area contributed by atoms with Crippen molar-refractivity contribution in [3.8, 4) is 0 Å². The predicted octanol–water partition coefficient (Wildman–Crippen LogP) is 3.47. The van der Waals surface area contributed by atoms with E-state index in [9.17, 15) is 24.3 Å². The Morgan fingerprint density at radius 1 is 0.952 bits per heavy atom. The first kappa shape index (κ1) is 27.1. The Bertz CT molecular complexity index is 1640. The zero-order chi connectivity index (χ0) is 29.2. The van der Waals surface area contributed by atoms with E-state index >= 15 is 0 Å². The second-order valence-corrected chi connectivity index (χ2v) is 10.6. The van der Waals surface area contributed by atoms with Gasteiger partial charge >= 0.3 is 12.1 Å². The lowest BCUT2D eigenvalue weighted by Crippen LogP contribution is -2.56. The van der Waals surface area contributed by atoms with Crippen molar-refractivity contribution in [2.75, 3.05) is 0 Å². The van der Waals surface area contributed by atoms with Gasteiger partial charge in [-0.25, -0.2) is 9.59 Å². The molecule has 4 atom stereocenters. The van der Waals surface area contributed by atoms with E-state index in [1.54, 1.807) is 24.3 Å². The summed E-state index contributed by atoms with van der Waals surface area (Å²) < 4.78 is 5.35. The zero-order valence-electron chi connectivity index (χ0n) is 22.7. The number of nitrogens with zero attached hydrogens (tertiary/aromatic N) is 1. The zero-order valence-corrected chi connectivity index (χ0v) is 22.7. The van der Waals surface area contributed by atoms with Crippen molar-refractivity contribution < 1.29 is 29.0 Å². The van der Waals surface area contributed by atoms with Gasteiger partial charge in [-0.1, -0.05) is 78.9 Å². The Hall–Kier alpha value is -5.12. The van der Waals surface area contributed by atoms with Crippen LogP contribution in [0.5, 0.6) is 0 Å². The number of aliphatic carboxylic acids is 1. The molecule has 6 rings (SSSR count). The number of carboxylic acids is 1. The molecule has 0 saturated carbocycles. The summed E-state index contributed by atoms with van der Waals surface area (Å²) in [5, 5.41) is 16.2. The molecule has 42 heavy (non-hydrogen) atoms. The molecule has 10 nitrogen and oxygen atoms in total. The SMILES string of the molecule is O=C(N[C@H]1C[C@@H]2c3[nH]c4ccccc4c3C[C@@H](C(=O)N[C@@H](Cc3ccccc3)C(=O)O)N2C1=O)OCc1ccccc1. The lowest BCUT2D eigenvalue weighted by atomic mass is 9.91. The maximum atomic E-state index is 13.8. The van der Waals surface area contributed by atoms with Gasteiger partial charge in [0.15, 0.2) is 0 Å². The van der Waals surface area contributed by atoms with Crippen molar-refractivity contribution in [1.82, 2.24) is 20.5 Å². The third kappa shape index (κ3) is 5.30. The van der Waals surface area contributed by atoms with Crippen molar-refractivity contribution in [2.24, 2.45) is 0 Å². The van der Waals surface area contributed by atoms with Crippen LogP contribution in [-0.2, 0) is 38.6 Å². The lowest BCUT2D eigenvalue weighted by molar-refractivity contribution is -0.145. The fourth-order valence-corrected chi connectivity index (χ4v) is 5.98. The molecule has 0 spiro atoms. The normalized spacial score (nSPS) is 20.0. The number of carbonyl (C=O) groups excluding carboxylic acids is 3. The summed E-state index contributed by atoms with van der Waals surface area (Å²) in [5.74, 6) is -2.14. The van der Waals surface area contributed by atoms with Crippen LogP contribution in [0.4, 0.5) is 4.79 Å². The van der Waals surface area contributed by atoms with Gasteiger partial charge in [0.2, 0.25) is 11.8 Å². The van der Waals surface area contributed by atoms with E-state index < -0.39 is 48.0 Å². The number of ether oxygens (including phenoxy) is 1. The number of para-hydroxylation sites is 1. The Morgan fingerprint density at radius 2 is 1.62 bits per heavy atom. The quantitative estimate of drug-likeness (QED) is 0.257. The third-order valence-corrected chi connectivity index (χ3v) is 7.97. The number of aromatic nitrogens is 1. The van der Waals surface area contributed by atoms with Gasteiger partial charge in [-0.05, 0) is 22.8 Å². The Kier molecular flexibility index (Phi) is 7.35. The largest absolute Gasteiger partial charge is 0.480 e. The summed E-state index contributed by atoms with van der Waals surface area (Å²) in [6.07, 6.45) is -0.198. The smallest absolute Gasteiger partial charge is 0.408 e. The van der Waals surface area contributed by atoms with Crippen LogP contribution in [0.1, 0.15) is 34.8 Å². The molecule has 4 aromatic rings. The minimum Gasteiger partial charge on any atom is -0.480 e. The molecule has 0 bridgehead atoms. The highest BCUT2D eigenvalue weighted by atomic mass is 16.5. The number of H-pyrrole nitrogens is 1. The summed E-state index contributed by atoms with van der Waals surface area (Å²) in [6.45, 7) is 0.0515. The molecule has 0 aliphatic carbocycles. The van der Waals surface area contributed by atoms with E-state index in [0.29, 0.717) is 0 Å². The third-order valence-electron chi connectivity index (χ3n) is 7.97. The molecular formula is C32H30N4O6. The number of benzene rings is 3. The van der Waals surface area contributed by atoms with Gasteiger partial charge in [-0.2, -0.15) is 0 Å². The van der Waals surface area contributed by atoms with Crippen LogP contribution >= 0.6 is 0 Å². The van der Waals surface area contributed by atoms with Crippen molar-refractivity contribution >= 4 is 34.8 Å². The van der Waals surface area contributed by atoms with E-state index in [0.717, 1.165) is 33.3 Å². The van der Waals surface area contributed by atoms with Crippen LogP contribution < -0.4 is 10.6 Å². The van der Waals surface area contributed by atoms with Gasteiger partial charge in [-0.15, -0.1) is 0 Å². The molecule has 1 fully saturated rings. The monoisotopic (exact) mass is 566 g/mol. The number of carboxylic acid groups (broad SMARTS) is 1. The molecule has 3 aromatic carbocycles. The molecule has 1 aromatic heterocycles. The van der Waals surface area contributed by atoms with Crippen LogP contribution in [0.15, 0.2) is 84.9 Å². The molecule has 3 heterocycles. The molecule has 10 heteroatoms. The first-order valence-electron chi connectivity index (χ1n) is 13.8. The second-order valence-electron chi connectivity index (χ2n) is 10.6. The van der Waals surface area contributed by atoms with Crippen LogP contribution in [0, 0.1) is 0 Å². The van der Waals surface area contributed by atoms with E-state index in [1.165, 1.54) is 4.90 Å². The number of alkyl carbamates (subject to hydrolysis) is 1. The van der Waals surface area contributed by atoms with E-state index in [1.807, 2.05) is 60.7 Å². The second kappa shape index (κ2) is 11.4. The van der Waals surface area contributed by atoms with Gasteiger partial charge in [-0.3, -0.25) is 9.59 Å². The minimum absolute atomic E-state index is 0.0515. The highest BCUT2D eigenvalue weighted by Gasteiger charge is 2.51. The summed E-state index contributed by atoms with van der Waals surface area (Å²) >= 11 is 0. The fourth-order valence-electron chi connectivity index (χ4n) is 5.98. The minimum atomic E-state index is -1.18. The van der Waals surface area contributed by atoms with Crippen molar-refractivity contribution in [1.29, 1.82) is 0 Å². The van der Waals surface area contributed by atoms with Gasteiger partial charge in [0.25, 0.3) is 0 Å². The van der Waals surface area contributed by atoms with Crippen LogP contribution in [0.3, 0.4) is 0 Å². The maximum Gasteiger partial charge on any atom is 0.408 e. The molecule has 214 valence electrons. The molecule has 4 N–H and O–H groups in total. The predicted molar refractivity (Wildman–Crippen MR) is 153 cm³/mol.